The minimum atomic E-state index is -0.352. The molecule has 0 aliphatic rings. The van der Waals surface area contributed by atoms with Crippen LogP contribution in [-0.4, -0.2) is 11.5 Å². The highest BCUT2D eigenvalue weighted by molar-refractivity contribution is 5.40. The molecular weight excluding hydrogens is 254 g/mol. The van der Waals surface area contributed by atoms with E-state index in [9.17, 15) is 10.1 Å². The van der Waals surface area contributed by atoms with Crippen LogP contribution in [0.15, 0.2) is 48.5 Å². The molecule has 0 heterocycles. The molecule has 0 radical (unpaired) electrons. The topological polar surface area (TPSA) is 52.4 Å². The van der Waals surface area contributed by atoms with Crippen LogP contribution in [0.4, 0.5) is 5.69 Å². The molecule has 0 aliphatic heterocycles. The van der Waals surface area contributed by atoms with Gasteiger partial charge in [0.2, 0.25) is 0 Å². The van der Waals surface area contributed by atoms with Crippen LogP contribution in [0.2, 0.25) is 0 Å². The zero-order valence-electron chi connectivity index (χ0n) is 11.4. The first kappa shape index (κ1) is 14.1. The number of nitro benzene ring substituents is 1. The highest BCUT2D eigenvalue weighted by Crippen LogP contribution is 2.21. The zero-order valence-corrected chi connectivity index (χ0v) is 11.4. The van der Waals surface area contributed by atoms with Gasteiger partial charge in [-0.25, -0.2) is 0 Å². The summed E-state index contributed by atoms with van der Waals surface area (Å²) in [7, 11) is 0. The van der Waals surface area contributed by atoms with Gasteiger partial charge in [-0.3, -0.25) is 10.1 Å². The molecule has 0 amide bonds. The number of rotatable bonds is 6. The molecule has 0 aliphatic carbocycles. The molecule has 2 rings (SSSR count). The average Bonchev–Trinajstić information content (AvgIpc) is 2.48. The summed E-state index contributed by atoms with van der Waals surface area (Å²) in [6, 6.07) is 14.6. The van der Waals surface area contributed by atoms with Gasteiger partial charge in [0.05, 0.1) is 11.5 Å². The molecule has 2 aromatic rings. The zero-order chi connectivity index (χ0) is 14.4. The van der Waals surface area contributed by atoms with Gasteiger partial charge in [-0.2, -0.15) is 0 Å². The molecule has 20 heavy (non-hydrogen) atoms. The summed E-state index contributed by atoms with van der Waals surface area (Å²) in [6.07, 6.45) is 1.43. The van der Waals surface area contributed by atoms with E-state index in [0.717, 1.165) is 17.7 Å². The molecule has 0 N–H and O–H groups in total. The maximum Gasteiger partial charge on any atom is 0.272 e. The first-order chi connectivity index (χ1) is 9.72. The smallest absolute Gasteiger partial charge is 0.272 e. The predicted molar refractivity (Wildman–Crippen MR) is 78.1 cm³/mol. The molecule has 0 saturated heterocycles. The van der Waals surface area contributed by atoms with E-state index in [2.05, 4.69) is 6.92 Å². The second-order valence-electron chi connectivity index (χ2n) is 4.45. The lowest BCUT2D eigenvalue weighted by molar-refractivity contribution is -0.385. The van der Waals surface area contributed by atoms with Gasteiger partial charge < -0.3 is 4.74 Å². The van der Waals surface area contributed by atoms with Crippen molar-refractivity contribution in [2.75, 3.05) is 6.61 Å². The Morgan fingerprint density at radius 3 is 2.40 bits per heavy atom. The lowest BCUT2D eigenvalue weighted by atomic mass is 10.1. The van der Waals surface area contributed by atoms with Crippen LogP contribution in [0.5, 0.6) is 5.75 Å². The molecule has 0 spiro atoms. The molecule has 0 saturated carbocycles. The maximum atomic E-state index is 10.9. The Labute approximate surface area is 118 Å². The first-order valence-electron chi connectivity index (χ1n) is 6.65. The molecule has 4 heteroatoms. The van der Waals surface area contributed by atoms with Crippen LogP contribution < -0.4 is 4.74 Å². The van der Waals surface area contributed by atoms with Crippen LogP contribution in [0.1, 0.15) is 18.1 Å². The molecule has 0 unspecified atom stereocenters. The summed E-state index contributed by atoms with van der Waals surface area (Å²) in [5.41, 5.74) is 2.00. The lowest BCUT2D eigenvalue weighted by Gasteiger charge is -2.10. The van der Waals surface area contributed by atoms with Crippen molar-refractivity contribution in [2.45, 2.75) is 19.8 Å². The van der Waals surface area contributed by atoms with E-state index in [1.807, 2.05) is 30.3 Å². The Morgan fingerprint density at radius 2 is 1.70 bits per heavy atom. The van der Waals surface area contributed by atoms with Crippen LogP contribution >= 0.6 is 0 Å². The van der Waals surface area contributed by atoms with Crippen molar-refractivity contribution in [3.8, 4) is 5.75 Å². The van der Waals surface area contributed by atoms with E-state index >= 15 is 0 Å². The molecule has 0 aromatic heterocycles. The van der Waals surface area contributed by atoms with Crippen molar-refractivity contribution >= 4 is 5.69 Å². The van der Waals surface area contributed by atoms with E-state index in [1.165, 1.54) is 6.07 Å². The first-order valence-corrected chi connectivity index (χ1v) is 6.65. The number of aryl methyl sites for hydroxylation is 1. The Bertz CT molecular complexity index is 596. The normalized spacial score (nSPS) is 10.2. The Kier molecular flexibility index (Phi) is 4.71. The number of ether oxygens (including phenoxy) is 1. The molecule has 0 bridgehead atoms. The van der Waals surface area contributed by atoms with E-state index in [-0.39, 0.29) is 10.6 Å². The number of nitro groups is 1. The van der Waals surface area contributed by atoms with Gasteiger partial charge >= 0.3 is 0 Å². The van der Waals surface area contributed by atoms with Gasteiger partial charge in [0.25, 0.3) is 5.69 Å². The Hall–Kier alpha value is -2.36. The summed E-state index contributed by atoms with van der Waals surface area (Å²) in [5, 5.41) is 10.9. The largest absolute Gasteiger partial charge is 0.493 e. The standard InChI is InChI=1S/C16H17NO3/c1-2-13-7-4-6-10-16(13)20-12-11-14-8-3-5-9-15(14)17(18)19/h3-10H,2,11-12H2,1H3. The molecule has 4 nitrogen and oxygen atoms in total. The van der Waals surface area contributed by atoms with Crippen molar-refractivity contribution in [3.05, 3.63) is 69.8 Å². The Balaban J connectivity index is 2.01. The molecule has 2 aromatic carbocycles. The minimum Gasteiger partial charge on any atom is -0.493 e. The average molecular weight is 271 g/mol. The van der Waals surface area contributed by atoms with Crippen molar-refractivity contribution in [1.29, 1.82) is 0 Å². The van der Waals surface area contributed by atoms with Gasteiger partial charge in [-0.1, -0.05) is 43.3 Å². The fraction of sp³-hybridized carbons (Fsp3) is 0.250. The molecule has 0 atom stereocenters. The van der Waals surface area contributed by atoms with Crippen LogP contribution in [0.25, 0.3) is 0 Å². The molecule has 0 fully saturated rings. The third kappa shape index (κ3) is 3.35. The summed E-state index contributed by atoms with van der Waals surface area (Å²) >= 11 is 0. The highest BCUT2D eigenvalue weighted by Gasteiger charge is 2.12. The van der Waals surface area contributed by atoms with Gasteiger partial charge in [0.15, 0.2) is 0 Å². The van der Waals surface area contributed by atoms with Gasteiger partial charge in [0.1, 0.15) is 5.75 Å². The second-order valence-corrected chi connectivity index (χ2v) is 4.45. The van der Waals surface area contributed by atoms with Crippen molar-refractivity contribution in [2.24, 2.45) is 0 Å². The van der Waals surface area contributed by atoms with Crippen LogP contribution in [0.3, 0.4) is 0 Å². The van der Waals surface area contributed by atoms with Crippen LogP contribution in [-0.2, 0) is 12.8 Å². The van der Waals surface area contributed by atoms with Crippen LogP contribution in [0, 0.1) is 10.1 Å². The van der Waals surface area contributed by atoms with E-state index in [4.69, 9.17) is 4.74 Å². The summed E-state index contributed by atoms with van der Waals surface area (Å²) in [5.74, 6) is 0.855. The Morgan fingerprint density at radius 1 is 1.05 bits per heavy atom. The van der Waals surface area contributed by atoms with Gasteiger partial charge in [0, 0.05) is 18.1 Å². The van der Waals surface area contributed by atoms with Gasteiger partial charge in [-0.15, -0.1) is 0 Å². The van der Waals surface area contributed by atoms with E-state index in [1.54, 1.807) is 12.1 Å². The van der Waals surface area contributed by atoms with Crippen molar-refractivity contribution < 1.29 is 9.66 Å². The summed E-state index contributed by atoms with van der Waals surface area (Å²) < 4.78 is 5.74. The summed E-state index contributed by atoms with van der Waals surface area (Å²) in [6.45, 7) is 2.51. The lowest BCUT2D eigenvalue weighted by Crippen LogP contribution is -2.05. The third-order valence-electron chi connectivity index (χ3n) is 3.17. The SMILES string of the molecule is CCc1ccccc1OCCc1ccccc1[N+](=O)[O-]. The number of nitrogens with zero attached hydrogens (tertiary/aromatic N) is 1. The fourth-order valence-electron chi connectivity index (χ4n) is 2.11. The highest BCUT2D eigenvalue weighted by atomic mass is 16.6. The number of hydrogen-bond acceptors (Lipinski definition) is 3. The van der Waals surface area contributed by atoms with E-state index < -0.39 is 0 Å². The van der Waals surface area contributed by atoms with Gasteiger partial charge in [-0.05, 0) is 18.1 Å². The maximum absolute atomic E-state index is 10.9. The quantitative estimate of drug-likeness (QED) is 0.593. The minimum absolute atomic E-state index is 0.153. The fourth-order valence-corrected chi connectivity index (χ4v) is 2.11. The predicted octanol–water partition coefficient (Wildman–Crippen LogP) is 3.78. The second kappa shape index (κ2) is 6.70. The molecular formula is C16H17NO3. The number of hydrogen-bond donors (Lipinski definition) is 0. The summed E-state index contributed by atoms with van der Waals surface area (Å²) in [4.78, 5) is 10.6. The number of benzene rings is 2. The van der Waals surface area contributed by atoms with E-state index in [0.29, 0.717) is 18.6 Å². The number of para-hydroxylation sites is 2. The monoisotopic (exact) mass is 271 g/mol. The third-order valence-corrected chi connectivity index (χ3v) is 3.17. The molecule has 104 valence electrons. The van der Waals surface area contributed by atoms with Crippen molar-refractivity contribution in [3.63, 3.8) is 0 Å². The van der Waals surface area contributed by atoms with Crippen molar-refractivity contribution in [1.82, 2.24) is 0 Å².